The first-order chi connectivity index (χ1) is 14.4. The molecule has 2 aliphatic heterocycles. The molecule has 7 heteroatoms. The van der Waals surface area contributed by atoms with Crippen molar-refractivity contribution in [2.75, 3.05) is 16.3 Å². The third-order valence-corrected chi connectivity index (χ3v) is 5.44. The molecule has 4 rings (SSSR count). The lowest BCUT2D eigenvalue weighted by atomic mass is 10.1. The lowest BCUT2D eigenvalue weighted by molar-refractivity contribution is -0.139. The van der Waals surface area contributed by atoms with Crippen LogP contribution in [0, 0.1) is 12.8 Å². The number of esters is 1. The summed E-state index contributed by atoms with van der Waals surface area (Å²) in [5, 5.41) is 0. The van der Waals surface area contributed by atoms with Crippen LogP contribution < -0.4 is 14.5 Å². The van der Waals surface area contributed by atoms with Crippen molar-refractivity contribution >= 4 is 35.1 Å². The highest BCUT2D eigenvalue weighted by Crippen LogP contribution is 2.30. The van der Waals surface area contributed by atoms with Crippen LogP contribution in [0.2, 0.25) is 0 Å². The van der Waals surface area contributed by atoms with Crippen LogP contribution in [0.3, 0.4) is 0 Å². The molecule has 30 heavy (non-hydrogen) atoms. The number of ether oxygens (including phenoxy) is 1. The zero-order valence-corrected chi connectivity index (χ0v) is 16.7. The molecule has 0 spiro atoms. The number of carbonyl (C=O) groups excluding carboxylic acids is 4. The summed E-state index contributed by atoms with van der Waals surface area (Å²) in [4.78, 5) is 52.2. The number of imide groups is 1. The molecular weight excluding hydrogens is 384 g/mol. The number of carbonyl (C=O) groups is 4. The number of amides is 3. The van der Waals surface area contributed by atoms with Crippen molar-refractivity contribution in [2.45, 2.75) is 32.6 Å². The fourth-order valence-electron chi connectivity index (χ4n) is 3.89. The number of rotatable bonds is 4. The quantitative estimate of drug-likeness (QED) is 0.443. The lowest BCUT2D eigenvalue weighted by Gasteiger charge is -2.25. The standard InChI is InChI=1S/C23H22N2O5/c1-15-6-2-3-9-19(15)24-14-16(12-22(24)28)23(29)30-18-8-4-7-17(13-18)25-20(26)10-5-11-21(25)27/h2-4,6-9,13,16H,5,10-12,14H2,1H3/t16-/m0/s1. The molecular formula is C23H22N2O5. The molecule has 0 radical (unpaired) electrons. The summed E-state index contributed by atoms with van der Waals surface area (Å²) in [5.74, 6) is -1.49. The predicted molar refractivity (Wildman–Crippen MR) is 110 cm³/mol. The van der Waals surface area contributed by atoms with Gasteiger partial charge in [0.15, 0.2) is 0 Å². The number of anilines is 2. The lowest BCUT2D eigenvalue weighted by Crippen LogP contribution is -2.40. The van der Waals surface area contributed by atoms with Gasteiger partial charge in [0.2, 0.25) is 17.7 Å². The summed E-state index contributed by atoms with van der Waals surface area (Å²) in [7, 11) is 0. The van der Waals surface area contributed by atoms with Crippen LogP contribution in [0.25, 0.3) is 0 Å². The SMILES string of the molecule is Cc1ccccc1N1C[C@@H](C(=O)Oc2cccc(N3C(=O)CCCC3=O)c2)CC1=O. The Morgan fingerprint density at radius 3 is 2.43 bits per heavy atom. The monoisotopic (exact) mass is 406 g/mol. The molecule has 2 aromatic rings. The Balaban J connectivity index is 1.47. The average molecular weight is 406 g/mol. The van der Waals surface area contributed by atoms with Crippen molar-refractivity contribution in [3.8, 4) is 5.75 Å². The van der Waals surface area contributed by atoms with E-state index in [1.165, 1.54) is 6.07 Å². The van der Waals surface area contributed by atoms with E-state index in [1.54, 1.807) is 23.1 Å². The minimum atomic E-state index is -0.584. The van der Waals surface area contributed by atoms with Crippen LogP contribution in [-0.2, 0) is 19.2 Å². The minimum Gasteiger partial charge on any atom is -0.426 e. The van der Waals surface area contributed by atoms with Gasteiger partial charge in [-0.05, 0) is 37.1 Å². The number of nitrogens with zero attached hydrogens (tertiary/aromatic N) is 2. The molecule has 3 amide bonds. The van der Waals surface area contributed by atoms with E-state index in [4.69, 9.17) is 4.74 Å². The van der Waals surface area contributed by atoms with Gasteiger partial charge in [-0.15, -0.1) is 0 Å². The van der Waals surface area contributed by atoms with Gasteiger partial charge in [0.05, 0.1) is 11.6 Å². The highest BCUT2D eigenvalue weighted by atomic mass is 16.5. The molecule has 0 N–H and O–H groups in total. The van der Waals surface area contributed by atoms with E-state index in [0.29, 0.717) is 24.9 Å². The predicted octanol–water partition coefficient (Wildman–Crippen LogP) is 3.00. The maximum absolute atomic E-state index is 12.7. The average Bonchev–Trinajstić information content (AvgIpc) is 3.10. The summed E-state index contributed by atoms with van der Waals surface area (Å²) in [6, 6.07) is 13.9. The molecule has 2 saturated heterocycles. The van der Waals surface area contributed by atoms with Crippen molar-refractivity contribution in [3.63, 3.8) is 0 Å². The van der Waals surface area contributed by atoms with Crippen molar-refractivity contribution in [3.05, 3.63) is 54.1 Å². The van der Waals surface area contributed by atoms with Crippen molar-refractivity contribution in [1.82, 2.24) is 0 Å². The van der Waals surface area contributed by atoms with Crippen LogP contribution in [0.15, 0.2) is 48.5 Å². The van der Waals surface area contributed by atoms with Gasteiger partial charge < -0.3 is 9.64 Å². The number of hydrogen-bond acceptors (Lipinski definition) is 5. The molecule has 2 aliphatic rings. The molecule has 0 aromatic heterocycles. The third kappa shape index (κ3) is 3.83. The van der Waals surface area contributed by atoms with Crippen LogP contribution in [0.5, 0.6) is 5.75 Å². The molecule has 2 fully saturated rings. The maximum atomic E-state index is 12.7. The van der Waals surface area contributed by atoms with E-state index >= 15 is 0 Å². The molecule has 0 bridgehead atoms. The molecule has 2 aromatic carbocycles. The van der Waals surface area contributed by atoms with Gasteiger partial charge in [0.1, 0.15) is 5.75 Å². The highest BCUT2D eigenvalue weighted by Gasteiger charge is 2.37. The Morgan fingerprint density at radius 1 is 0.967 bits per heavy atom. The molecule has 7 nitrogen and oxygen atoms in total. The number of benzene rings is 2. The summed E-state index contributed by atoms with van der Waals surface area (Å²) in [5.41, 5.74) is 2.14. The summed E-state index contributed by atoms with van der Waals surface area (Å²) in [6.07, 6.45) is 1.26. The topological polar surface area (TPSA) is 84.0 Å². The molecule has 154 valence electrons. The second-order valence-electron chi connectivity index (χ2n) is 7.59. The fraction of sp³-hybridized carbons (Fsp3) is 0.304. The van der Waals surface area contributed by atoms with Crippen molar-refractivity contribution in [2.24, 2.45) is 5.92 Å². The second kappa shape index (κ2) is 8.10. The van der Waals surface area contributed by atoms with Gasteiger partial charge in [-0.25, -0.2) is 0 Å². The Hall–Kier alpha value is -3.48. The Morgan fingerprint density at radius 2 is 1.70 bits per heavy atom. The van der Waals surface area contributed by atoms with Crippen LogP contribution in [-0.4, -0.2) is 30.2 Å². The molecule has 0 unspecified atom stereocenters. The van der Waals surface area contributed by atoms with E-state index < -0.39 is 11.9 Å². The van der Waals surface area contributed by atoms with Gasteiger partial charge in [0, 0.05) is 37.6 Å². The summed E-state index contributed by atoms with van der Waals surface area (Å²) in [6.45, 7) is 2.17. The van der Waals surface area contributed by atoms with Crippen LogP contribution in [0.4, 0.5) is 11.4 Å². The van der Waals surface area contributed by atoms with E-state index in [0.717, 1.165) is 16.2 Å². The van der Waals surface area contributed by atoms with Gasteiger partial charge >= 0.3 is 5.97 Å². The van der Waals surface area contributed by atoms with Gasteiger partial charge in [0.25, 0.3) is 0 Å². The van der Waals surface area contributed by atoms with E-state index in [9.17, 15) is 19.2 Å². The summed E-state index contributed by atoms with van der Waals surface area (Å²) >= 11 is 0. The largest absolute Gasteiger partial charge is 0.426 e. The number of para-hydroxylation sites is 1. The smallest absolute Gasteiger partial charge is 0.316 e. The third-order valence-electron chi connectivity index (χ3n) is 5.44. The van der Waals surface area contributed by atoms with E-state index in [-0.39, 0.29) is 36.4 Å². The summed E-state index contributed by atoms with van der Waals surface area (Å²) < 4.78 is 5.50. The molecule has 0 saturated carbocycles. The molecule has 0 aliphatic carbocycles. The number of hydrogen-bond donors (Lipinski definition) is 0. The maximum Gasteiger partial charge on any atom is 0.316 e. The zero-order valence-electron chi connectivity index (χ0n) is 16.7. The Bertz CT molecular complexity index is 1020. The second-order valence-corrected chi connectivity index (χ2v) is 7.59. The van der Waals surface area contributed by atoms with Gasteiger partial charge in [-0.1, -0.05) is 24.3 Å². The highest BCUT2D eigenvalue weighted by molar-refractivity contribution is 6.16. The molecule has 2 heterocycles. The Labute approximate surface area is 174 Å². The van der Waals surface area contributed by atoms with E-state index in [1.807, 2.05) is 31.2 Å². The first-order valence-corrected chi connectivity index (χ1v) is 9.97. The van der Waals surface area contributed by atoms with Gasteiger partial charge in [-0.2, -0.15) is 0 Å². The van der Waals surface area contributed by atoms with Crippen molar-refractivity contribution in [1.29, 1.82) is 0 Å². The van der Waals surface area contributed by atoms with Crippen LogP contribution in [0.1, 0.15) is 31.2 Å². The first-order valence-electron chi connectivity index (χ1n) is 9.97. The number of aryl methyl sites for hydroxylation is 1. The minimum absolute atomic E-state index is 0.0793. The Kier molecular flexibility index (Phi) is 5.35. The number of piperidine rings is 1. The zero-order chi connectivity index (χ0) is 21.3. The van der Waals surface area contributed by atoms with E-state index in [2.05, 4.69) is 0 Å². The van der Waals surface area contributed by atoms with Gasteiger partial charge in [-0.3, -0.25) is 24.1 Å². The first kappa shape index (κ1) is 19.8. The van der Waals surface area contributed by atoms with Crippen LogP contribution >= 0.6 is 0 Å². The fourth-order valence-corrected chi connectivity index (χ4v) is 3.89. The van der Waals surface area contributed by atoms with Crippen molar-refractivity contribution < 1.29 is 23.9 Å². The molecule has 1 atom stereocenters. The normalized spacial score (nSPS) is 19.4.